The number of hydrogen-bond acceptors (Lipinski definition) is 3. The lowest BCUT2D eigenvalue weighted by molar-refractivity contribution is 0.776. The molecule has 0 aliphatic rings. The highest BCUT2D eigenvalue weighted by molar-refractivity contribution is 9.10. The maximum atomic E-state index is 4.51. The predicted octanol–water partition coefficient (Wildman–Crippen LogP) is 3.31. The summed E-state index contributed by atoms with van der Waals surface area (Å²) >= 11 is 3.38. The molecule has 3 aromatic rings. The molecule has 0 atom stereocenters. The van der Waals surface area contributed by atoms with E-state index in [2.05, 4.69) is 31.0 Å². The summed E-state index contributed by atoms with van der Waals surface area (Å²) in [5.74, 6) is 0. The molecule has 3 rings (SSSR count). The molecule has 0 radical (unpaired) electrons. The summed E-state index contributed by atoms with van der Waals surface area (Å²) in [5.41, 5.74) is 3.76. The van der Waals surface area contributed by atoms with Crippen molar-refractivity contribution >= 4 is 15.9 Å². The first kappa shape index (κ1) is 12.0. The Labute approximate surface area is 119 Å². The van der Waals surface area contributed by atoms with E-state index < -0.39 is 0 Å². The number of halogens is 1. The molecule has 4 nitrogen and oxygen atoms in total. The van der Waals surface area contributed by atoms with Gasteiger partial charge in [0.15, 0.2) is 0 Å². The van der Waals surface area contributed by atoms with E-state index in [-0.39, 0.29) is 0 Å². The molecule has 0 unspecified atom stereocenters. The van der Waals surface area contributed by atoms with E-state index in [1.54, 1.807) is 12.4 Å². The zero-order valence-electron chi connectivity index (χ0n) is 10.3. The van der Waals surface area contributed by atoms with Crippen LogP contribution in [0.1, 0.15) is 0 Å². The van der Waals surface area contributed by atoms with E-state index in [1.165, 1.54) is 0 Å². The van der Waals surface area contributed by atoms with Crippen molar-refractivity contribution in [2.24, 2.45) is 7.05 Å². The first-order chi connectivity index (χ1) is 9.24. The summed E-state index contributed by atoms with van der Waals surface area (Å²) in [6.07, 6.45) is 3.56. The van der Waals surface area contributed by atoms with Crippen molar-refractivity contribution in [2.75, 3.05) is 0 Å². The molecular formula is C14H11BrN4. The third kappa shape index (κ3) is 2.42. The van der Waals surface area contributed by atoms with Crippen LogP contribution in [0.4, 0.5) is 0 Å². The second kappa shape index (κ2) is 4.93. The van der Waals surface area contributed by atoms with Crippen molar-refractivity contribution in [3.05, 3.63) is 53.4 Å². The minimum absolute atomic E-state index is 0.814. The molecule has 0 aromatic carbocycles. The number of nitrogens with zero attached hydrogens (tertiary/aromatic N) is 4. The molecule has 0 N–H and O–H groups in total. The van der Waals surface area contributed by atoms with Crippen LogP contribution >= 0.6 is 15.9 Å². The molecule has 0 saturated heterocycles. The molecular weight excluding hydrogens is 304 g/mol. The maximum absolute atomic E-state index is 4.51. The Bertz CT molecular complexity index is 706. The highest BCUT2D eigenvalue weighted by Crippen LogP contribution is 2.24. The number of pyridine rings is 2. The van der Waals surface area contributed by atoms with Gasteiger partial charge in [0, 0.05) is 25.0 Å². The molecule has 19 heavy (non-hydrogen) atoms. The number of rotatable bonds is 2. The first-order valence-electron chi connectivity index (χ1n) is 5.81. The van der Waals surface area contributed by atoms with Crippen molar-refractivity contribution in [1.29, 1.82) is 0 Å². The van der Waals surface area contributed by atoms with Crippen LogP contribution in [0.15, 0.2) is 53.4 Å². The third-order valence-electron chi connectivity index (χ3n) is 2.81. The van der Waals surface area contributed by atoms with Gasteiger partial charge in [-0.1, -0.05) is 6.07 Å². The van der Waals surface area contributed by atoms with Crippen LogP contribution in [0.25, 0.3) is 22.6 Å². The Hall–Kier alpha value is -2.01. The molecule has 3 heterocycles. The standard InChI is InChI=1S/C14H11BrN4/c1-19-13(11-5-2-6-14(15)17-11)8-12(18-19)10-4-3-7-16-9-10/h2-9H,1H3. The van der Waals surface area contributed by atoms with Gasteiger partial charge in [0.25, 0.3) is 0 Å². The van der Waals surface area contributed by atoms with Crippen molar-refractivity contribution < 1.29 is 0 Å². The van der Waals surface area contributed by atoms with Gasteiger partial charge in [-0.2, -0.15) is 5.10 Å². The van der Waals surface area contributed by atoms with Crippen molar-refractivity contribution in [3.8, 4) is 22.6 Å². The minimum Gasteiger partial charge on any atom is -0.266 e. The fourth-order valence-corrected chi connectivity index (χ4v) is 2.26. The van der Waals surface area contributed by atoms with E-state index in [0.29, 0.717) is 0 Å². The fraction of sp³-hybridized carbons (Fsp3) is 0.0714. The molecule has 3 aromatic heterocycles. The molecule has 0 aliphatic carbocycles. The van der Waals surface area contributed by atoms with Crippen LogP contribution in [-0.4, -0.2) is 19.7 Å². The van der Waals surface area contributed by atoms with Crippen LogP contribution in [0, 0.1) is 0 Å². The average molecular weight is 315 g/mol. The van der Waals surface area contributed by atoms with Crippen LogP contribution in [0.5, 0.6) is 0 Å². The maximum Gasteiger partial charge on any atom is 0.106 e. The van der Waals surface area contributed by atoms with Gasteiger partial charge in [-0.15, -0.1) is 0 Å². The molecule has 0 spiro atoms. The van der Waals surface area contributed by atoms with Gasteiger partial charge in [-0.25, -0.2) is 4.98 Å². The second-order valence-corrected chi connectivity index (χ2v) is 4.94. The van der Waals surface area contributed by atoms with Crippen LogP contribution in [0.2, 0.25) is 0 Å². The van der Waals surface area contributed by atoms with Gasteiger partial charge in [0.2, 0.25) is 0 Å². The fourth-order valence-electron chi connectivity index (χ4n) is 1.91. The van der Waals surface area contributed by atoms with Crippen LogP contribution < -0.4 is 0 Å². The lowest BCUT2D eigenvalue weighted by Gasteiger charge is -2.00. The van der Waals surface area contributed by atoms with Crippen molar-refractivity contribution in [2.45, 2.75) is 0 Å². The van der Waals surface area contributed by atoms with Gasteiger partial charge in [-0.05, 0) is 46.3 Å². The van der Waals surface area contributed by atoms with E-state index in [0.717, 1.165) is 27.2 Å². The van der Waals surface area contributed by atoms with E-state index in [4.69, 9.17) is 0 Å². The molecule has 0 amide bonds. The van der Waals surface area contributed by atoms with E-state index >= 15 is 0 Å². The molecule has 5 heteroatoms. The summed E-state index contributed by atoms with van der Waals surface area (Å²) < 4.78 is 2.64. The second-order valence-electron chi connectivity index (χ2n) is 4.13. The highest BCUT2D eigenvalue weighted by Gasteiger charge is 2.10. The van der Waals surface area contributed by atoms with Gasteiger partial charge < -0.3 is 0 Å². The number of hydrogen-bond donors (Lipinski definition) is 0. The highest BCUT2D eigenvalue weighted by atomic mass is 79.9. The van der Waals surface area contributed by atoms with Gasteiger partial charge >= 0.3 is 0 Å². The molecule has 94 valence electrons. The van der Waals surface area contributed by atoms with E-state index in [9.17, 15) is 0 Å². The Morgan fingerprint density at radius 1 is 1.11 bits per heavy atom. The number of aromatic nitrogens is 4. The minimum atomic E-state index is 0.814. The molecule has 0 bridgehead atoms. The third-order valence-corrected chi connectivity index (χ3v) is 3.26. The zero-order valence-corrected chi connectivity index (χ0v) is 11.9. The Morgan fingerprint density at radius 3 is 2.74 bits per heavy atom. The van der Waals surface area contributed by atoms with E-state index in [1.807, 2.05) is 48.1 Å². The predicted molar refractivity (Wildman–Crippen MR) is 77.4 cm³/mol. The SMILES string of the molecule is Cn1nc(-c2cccnc2)cc1-c1cccc(Br)n1. The van der Waals surface area contributed by atoms with Crippen molar-refractivity contribution in [1.82, 2.24) is 19.7 Å². The Balaban J connectivity index is 2.08. The van der Waals surface area contributed by atoms with Gasteiger partial charge in [0.05, 0.1) is 17.1 Å². The van der Waals surface area contributed by atoms with Crippen molar-refractivity contribution in [3.63, 3.8) is 0 Å². The number of aryl methyl sites for hydroxylation is 1. The van der Waals surface area contributed by atoms with Gasteiger partial charge in [0.1, 0.15) is 4.60 Å². The summed E-state index contributed by atoms with van der Waals surface area (Å²) in [4.78, 5) is 8.57. The summed E-state index contributed by atoms with van der Waals surface area (Å²) in [7, 11) is 1.91. The smallest absolute Gasteiger partial charge is 0.106 e. The summed E-state index contributed by atoms with van der Waals surface area (Å²) in [5, 5.41) is 4.51. The summed E-state index contributed by atoms with van der Waals surface area (Å²) in [6.45, 7) is 0. The molecule has 0 aliphatic heterocycles. The van der Waals surface area contributed by atoms with Crippen LogP contribution in [-0.2, 0) is 7.05 Å². The normalized spacial score (nSPS) is 10.6. The summed E-state index contributed by atoms with van der Waals surface area (Å²) in [6, 6.07) is 11.8. The largest absolute Gasteiger partial charge is 0.266 e. The monoisotopic (exact) mass is 314 g/mol. The Morgan fingerprint density at radius 2 is 2.00 bits per heavy atom. The first-order valence-corrected chi connectivity index (χ1v) is 6.61. The Kier molecular flexibility index (Phi) is 3.13. The topological polar surface area (TPSA) is 43.6 Å². The average Bonchev–Trinajstić information content (AvgIpc) is 2.82. The quantitative estimate of drug-likeness (QED) is 0.682. The van der Waals surface area contributed by atoms with Gasteiger partial charge in [-0.3, -0.25) is 9.67 Å². The molecule has 0 fully saturated rings. The lowest BCUT2D eigenvalue weighted by atomic mass is 10.2. The molecule has 0 saturated carbocycles. The lowest BCUT2D eigenvalue weighted by Crippen LogP contribution is -1.95. The van der Waals surface area contributed by atoms with Crippen LogP contribution in [0.3, 0.4) is 0 Å². The zero-order chi connectivity index (χ0) is 13.2.